The monoisotopic (exact) mass is 438 g/mol. The van der Waals surface area contributed by atoms with Gasteiger partial charge in [-0.05, 0) is 49.6 Å². The summed E-state index contributed by atoms with van der Waals surface area (Å²) in [7, 11) is 0. The zero-order chi connectivity index (χ0) is 21.4. The van der Waals surface area contributed by atoms with E-state index in [0.717, 1.165) is 6.42 Å². The molecule has 6 nitrogen and oxygen atoms in total. The number of hydrogen-bond donors (Lipinski definition) is 2. The Morgan fingerprint density at radius 1 is 1.00 bits per heavy atom. The number of hydrazine groups is 1. The van der Waals surface area contributed by atoms with E-state index >= 15 is 0 Å². The fourth-order valence-electron chi connectivity index (χ4n) is 2.29. The molecule has 156 valence electrons. The van der Waals surface area contributed by atoms with Crippen LogP contribution in [-0.2, 0) is 4.79 Å². The van der Waals surface area contributed by atoms with Crippen molar-refractivity contribution >= 4 is 35.0 Å². The molecule has 0 aliphatic heterocycles. The lowest BCUT2D eigenvalue weighted by Crippen LogP contribution is -2.47. The van der Waals surface area contributed by atoms with Crippen LogP contribution in [0.5, 0.6) is 11.5 Å². The third-order valence-corrected chi connectivity index (χ3v) is 4.48. The molecule has 0 saturated heterocycles. The van der Waals surface area contributed by atoms with Crippen LogP contribution in [0.2, 0.25) is 10.0 Å². The number of nitrogens with one attached hydrogen (secondary N) is 2. The summed E-state index contributed by atoms with van der Waals surface area (Å²) < 4.78 is 11.2. The van der Waals surface area contributed by atoms with Crippen LogP contribution in [0.25, 0.3) is 0 Å². The second-order valence-corrected chi connectivity index (χ2v) is 7.65. The molecule has 1 atom stereocenters. The van der Waals surface area contributed by atoms with Gasteiger partial charge in [-0.25, -0.2) is 0 Å². The van der Waals surface area contributed by atoms with Crippen molar-refractivity contribution < 1.29 is 19.1 Å². The molecule has 0 saturated carbocycles. The minimum absolute atomic E-state index is 0.286. The van der Waals surface area contributed by atoms with Crippen molar-refractivity contribution in [3.05, 3.63) is 58.1 Å². The summed E-state index contributed by atoms with van der Waals surface area (Å²) in [5, 5.41) is 0.745. The molecule has 2 rings (SSSR count). The molecule has 0 aliphatic carbocycles. The van der Waals surface area contributed by atoms with Gasteiger partial charge in [-0.2, -0.15) is 0 Å². The summed E-state index contributed by atoms with van der Waals surface area (Å²) in [5.74, 6) is 0.231. The van der Waals surface area contributed by atoms with Gasteiger partial charge in [0, 0.05) is 5.02 Å². The molecular formula is C21H24Cl2N2O4. The number of rotatable bonds is 8. The number of para-hydroxylation sites is 1. The highest BCUT2D eigenvalue weighted by atomic mass is 35.5. The van der Waals surface area contributed by atoms with E-state index < -0.39 is 17.9 Å². The summed E-state index contributed by atoms with van der Waals surface area (Å²) >= 11 is 11.9. The van der Waals surface area contributed by atoms with E-state index in [1.165, 1.54) is 13.0 Å². The molecule has 2 N–H and O–H groups in total. The number of benzene rings is 2. The Hall–Kier alpha value is -2.44. The van der Waals surface area contributed by atoms with Crippen molar-refractivity contribution in [2.75, 3.05) is 6.61 Å². The standard InChI is InChI=1S/C21H24Cl2N2O4/c1-13(2)10-11-28-18-7-5-4-6-16(18)21(27)25-24-20(26)14(3)29-19-9-8-15(22)12-17(19)23/h4-9,12-14H,10-11H2,1-3H3,(H,24,26)(H,25,27). The number of carbonyl (C=O) groups excluding carboxylic acids is 2. The Kier molecular flexibility index (Phi) is 8.61. The summed E-state index contributed by atoms with van der Waals surface area (Å²) in [4.78, 5) is 24.7. The predicted octanol–water partition coefficient (Wildman–Crippen LogP) is 4.65. The van der Waals surface area contributed by atoms with Gasteiger partial charge >= 0.3 is 0 Å². The van der Waals surface area contributed by atoms with Gasteiger partial charge in [0.1, 0.15) is 11.5 Å². The summed E-state index contributed by atoms with van der Waals surface area (Å²) in [6.45, 7) is 6.23. The number of amides is 2. The molecule has 1 unspecified atom stereocenters. The topological polar surface area (TPSA) is 76.7 Å². The number of ether oxygens (including phenoxy) is 2. The van der Waals surface area contributed by atoms with Gasteiger partial charge in [-0.15, -0.1) is 0 Å². The molecular weight excluding hydrogens is 415 g/mol. The van der Waals surface area contributed by atoms with Crippen LogP contribution >= 0.6 is 23.2 Å². The SMILES string of the molecule is CC(C)CCOc1ccccc1C(=O)NNC(=O)C(C)Oc1ccc(Cl)cc1Cl. The van der Waals surface area contributed by atoms with Crippen LogP contribution in [0.3, 0.4) is 0 Å². The minimum Gasteiger partial charge on any atom is -0.493 e. The zero-order valence-electron chi connectivity index (χ0n) is 16.5. The van der Waals surface area contributed by atoms with Crippen molar-refractivity contribution in [3.8, 4) is 11.5 Å². The first-order valence-electron chi connectivity index (χ1n) is 9.21. The van der Waals surface area contributed by atoms with E-state index in [4.69, 9.17) is 32.7 Å². The molecule has 0 fully saturated rings. The Morgan fingerprint density at radius 2 is 1.72 bits per heavy atom. The lowest BCUT2D eigenvalue weighted by atomic mass is 10.1. The van der Waals surface area contributed by atoms with Gasteiger partial charge in [0.15, 0.2) is 6.10 Å². The number of halogens is 2. The Balaban J connectivity index is 1.92. The summed E-state index contributed by atoms with van der Waals surface area (Å²) in [5.41, 5.74) is 5.05. The van der Waals surface area contributed by atoms with Crippen LogP contribution in [0.15, 0.2) is 42.5 Å². The first kappa shape index (κ1) is 22.8. The Bertz CT molecular complexity index is 858. The number of hydrogen-bond acceptors (Lipinski definition) is 4. The average Bonchev–Trinajstić information content (AvgIpc) is 2.68. The summed E-state index contributed by atoms with van der Waals surface area (Å²) in [6.07, 6.45) is -0.0269. The van der Waals surface area contributed by atoms with Crippen molar-refractivity contribution in [2.24, 2.45) is 5.92 Å². The number of carbonyl (C=O) groups is 2. The maximum absolute atomic E-state index is 12.5. The van der Waals surface area contributed by atoms with Crippen LogP contribution in [0, 0.1) is 5.92 Å². The van der Waals surface area contributed by atoms with Gasteiger partial charge in [-0.1, -0.05) is 49.2 Å². The molecule has 0 radical (unpaired) electrons. The van der Waals surface area contributed by atoms with Crippen LogP contribution in [0.4, 0.5) is 0 Å². The highest BCUT2D eigenvalue weighted by molar-refractivity contribution is 6.35. The molecule has 2 aromatic carbocycles. The first-order valence-corrected chi connectivity index (χ1v) is 9.97. The minimum atomic E-state index is -0.897. The molecule has 0 aliphatic rings. The smallest absolute Gasteiger partial charge is 0.279 e. The zero-order valence-corrected chi connectivity index (χ0v) is 18.0. The van der Waals surface area contributed by atoms with Crippen molar-refractivity contribution in [1.29, 1.82) is 0 Å². The molecule has 0 aromatic heterocycles. The van der Waals surface area contributed by atoms with E-state index in [2.05, 4.69) is 24.7 Å². The van der Waals surface area contributed by atoms with Gasteiger partial charge in [-0.3, -0.25) is 20.4 Å². The summed E-state index contributed by atoms with van der Waals surface area (Å²) in [6, 6.07) is 11.5. The lowest BCUT2D eigenvalue weighted by molar-refractivity contribution is -0.128. The van der Waals surface area contributed by atoms with Crippen LogP contribution in [0.1, 0.15) is 37.6 Å². The maximum Gasteiger partial charge on any atom is 0.279 e. The van der Waals surface area contributed by atoms with E-state index in [0.29, 0.717) is 34.6 Å². The average molecular weight is 439 g/mol. The fraction of sp³-hybridized carbons (Fsp3) is 0.333. The second kappa shape index (κ2) is 10.9. The third-order valence-electron chi connectivity index (χ3n) is 3.95. The van der Waals surface area contributed by atoms with Crippen LogP contribution in [-0.4, -0.2) is 24.5 Å². The molecule has 0 heterocycles. The van der Waals surface area contributed by atoms with E-state index in [1.807, 2.05) is 0 Å². The molecule has 2 aromatic rings. The lowest BCUT2D eigenvalue weighted by Gasteiger charge is -2.17. The molecule has 2 amide bonds. The molecule has 0 bridgehead atoms. The highest BCUT2D eigenvalue weighted by Gasteiger charge is 2.18. The van der Waals surface area contributed by atoms with Crippen LogP contribution < -0.4 is 20.3 Å². The van der Waals surface area contributed by atoms with E-state index in [-0.39, 0.29) is 5.02 Å². The van der Waals surface area contributed by atoms with Gasteiger partial charge in [0.2, 0.25) is 0 Å². The Morgan fingerprint density at radius 3 is 2.41 bits per heavy atom. The second-order valence-electron chi connectivity index (χ2n) is 6.81. The molecule has 29 heavy (non-hydrogen) atoms. The highest BCUT2D eigenvalue weighted by Crippen LogP contribution is 2.28. The van der Waals surface area contributed by atoms with Crippen molar-refractivity contribution in [3.63, 3.8) is 0 Å². The predicted molar refractivity (Wildman–Crippen MR) is 114 cm³/mol. The quantitative estimate of drug-likeness (QED) is 0.588. The normalized spacial score (nSPS) is 11.7. The Labute approximate surface area is 180 Å². The third kappa shape index (κ3) is 7.15. The van der Waals surface area contributed by atoms with Crippen molar-refractivity contribution in [1.82, 2.24) is 10.9 Å². The molecule has 8 heteroatoms. The largest absolute Gasteiger partial charge is 0.493 e. The first-order chi connectivity index (χ1) is 13.8. The van der Waals surface area contributed by atoms with Gasteiger partial charge in [0.05, 0.1) is 17.2 Å². The van der Waals surface area contributed by atoms with Gasteiger partial charge < -0.3 is 9.47 Å². The van der Waals surface area contributed by atoms with E-state index in [1.54, 1.807) is 36.4 Å². The molecule has 0 spiro atoms. The van der Waals surface area contributed by atoms with Gasteiger partial charge in [0.25, 0.3) is 11.8 Å². The van der Waals surface area contributed by atoms with E-state index in [9.17, 15) is 9.59 Å². The fourth-order valence-corrected chi connectivity index (χ4v) is 2.74. The maximum atomic E-state index is 12.5. The van der Waals surface area contributed by atoms with Crippen molar-refractivity contribution in [2.45, 2.75) is 33.3 Å².